The quantitative estimate of drug-likeness (QED) is 0.867. The average molecular weight is 233 g/mol. The van der Waals surface area contributed by atoms with Crippen LogP contribution in [0.2, 0.25) is 0 Å². The predicted octanol–water partition coefficient (Wildman–Crippen LogP) is 2.95. The summed E-state index contributed by atoms with van der Waals surface area (Å²) in [5.41, 5.74) is 4.65. The summed E-state index contributed by atoms with van der Waals surface area (Å²) in [5, 5.41) is 0. The second-order valence-electron chi connectivity index (χ2n) is 3.37. The lowest BCUT2D eigenvalue weighted by Gasteiger charge is -2.13. The zero-order valence-electron chi connectivity index (χ0n) is 8.97. The van der Waals surface area contributed by atoms with Gasteiger partial charge in [-0.05, 0) is 30.2 Å². The van der Waals surface area contributed by atoms with Crippen molar-refractivity contribution in [1.82, 2.24) is 0 Å². The third-order valence-corrected chi connectivity index (χ3v) is 2.07. The highest BCUT2D eigenvalue weighted by atomic mass is 19.4. The molecule has 5 heteroatoms. The molecule has 90 valence electrons. The van der Waals surface area contributed by atoms with E-state index in [0.29, 0.717) is 12.4 Å². The smallest absolute Gasteiger partial charge is 0.416 e. The van der Waals surface area contributed by atoms with Gasteiger partial charge in [-0.1, -0.05) is 6.92 Å². The van der Waals surface area contributed by atoms with Crippen LogP contribution in [0.15, 0.2) is 18.2 Å². The number of nitrogens with two attached hydrogens (primary N) is 1. The monoisotopic (exact) mass is 233 g/mol. The van der Waals surface area contributed by atoms with Gasteiger partial charge in [-0.15, -0.1) is 0 Å². The molecular weight excluding hydrogens is 219 g/mol. The van der Waals surface area contributed by atoms with Gasteiger partial charge < -0.3 is 10.5 Å². The molecule has 0 unspecified atom stereocenters. The van der Waals surface area contributed by atoms with Gasteiger partial charge in [-0.2, -0.15) is 13.2 Å². The standard InChI is InChI=1S/C11H14F3NO/c1-2-5-16-9-3-4-10(11(12,13)14)8(6-9)7-15/h3-4,6H,2,5,7,15H2,1H3. The summed E-state index contributed by atoms with van der Waals surface area (Å²) in [5.74, 6) is 0.426. The highest BCUT2D eigenvalue weighted by Crippen LogP contribution is 2.33. The molecule has 0 aliphatic carbocycles. The Morgan fingerprint density at radius 3 is 2.50 bits per heavy atom. The molecule has 0 radical (unpaired) electrons. The van der Waals surface area contributed by atoms with Crippen LogP contribution in [0.1, 0.15) is 24.5 Å². The topological polar surface area (TPSA) is 35.2 Å². The minimum absolute atomic E-state index is 0.0566. The van der Waals surface area contributed by atoms with E-state index in [1.807, 2.05) is 6.92 Å². The molecule has 0 atom stereocenters. The molecule has 0 heterocycles. The molecule has 0 aliphatic rings. The lowest BCUT2D eigenvalue weighted by molar-refractivity contribution is -0.138. The molecule has 0 aromatic heterocycles. The number of rotatable bonds is 4. The third kappa shape index (κ3) is 3.13. The first kappa shape index (κ1) is 12.8. The van der Waals surface area contributed by atoms with E-state index in [2.05, 4.69) is 0 Å². The highest BCUT2D eigenvalue weighted by Gasteiger charge is 2.32. The van der Waals surface area contributed by atoms with Crippen LogP contribution in [0.25, 0.3) is 0 Å². The number of hydrogen-bond donors (Lipinski definition) is 1. The molecule has 0 saturated carbocycles. The van der Waals surface area contributed by atoms with Crippen LogP contribution in [0, 0.1) is 0 Å². The average Bonchev–Trinajstić information content (AvgIpc) is 2.24. The minimum atomic E-state index is -4.36. The van der Waals surface area contributed by atoms with Gasteiger partial charge in [-0.3, -0.25) is 0 Å². The number of ether oxygens (including phenoxy) is 1. The van der Waals surface area contributed by atoms with Crippen LogP contribution in [-0.2, 0) is 12.7 Å². The molecule has 16 heavy (non-hydrogen) atoms. The van der Waals surface area contributed by atoms with Crippen molar-refractivity contribution >= 4 is 0 Å². The van der Waals surface area contributed by atoms with Crippen molar-refractivity contribution in [3.05, 3.63) is 29.3 Å². The van der Waals surface area contributed by atoms with E-state index in [4.69, 9.17) is 10.5 Å². The van der Waals surface area contributed by atoms with Crippen molar-refractivity contribution in [2.45, 2.75) is 26.1 Å². The van der Waals surface area contributed by atoms with Crippen LogP contribution < -0.4 is 10.5 Å². The first-order chi connectivity index (χ1) is 7.49. The second kappa shape index (κ2) is 5.21. The third-order valence-electron chi connectivity index (χ3n) is 2.07. The van der Waals surface area contributed by atoms with Gasteiger partial charge in [0.15, 0.2) is 0 Å². The normalized spacial score (nSPS) is 11.6. The maximum Gasteiger partial charge on any atom is 0.416 e. The van der Waals surface area contributed by atoms with Crippen LogP contribution >= 0.6 is 0 Å². The first-order valence-electron chi connectivity index (χ1n) is 5.02. The largest absolute Gasteiger partial charge is 0.494 e. The summed E-state index contributed by atoms with van der Waals surface area (Å²) < 4.78 is 42.8. The van der Waals surface area contributed by atoms with Crippen molar-refractivity contribution in [3.63, 3.8) is 0 Å². The summed E-state index contributed by atoms with van der Waals surface area (Å²) in [7, 11) is 0. The Balaban J connectivity index is 2.98. The summed E-state index contributed by atoms with van der Waals surface area (Å²) in [6.07, 6.45) is -3.56. The zero-order valence-corrected chi connectivity index (χ0v) is 8.97. The van der Waals surface area contributed by atoms with Gasteiger partial charge >= 0.3 is 6.18 Å². The molecule has 0 spiro atoms. The Morgan fingerprint density at radius 1 is 1.31 bits per heavy atom. The Bertz CT molecular complexity index is 350. The van der Waals surface area contributed by atoms with Crippen molar-refractivity contribution < 1.29 is 17.9 Å². The lowest BCUT2D eigenvalue weighted by Crippen LogP contribution is -2.12. The molecule has 0 amide bonds. The second-order valence-corrected chi connectivity index (χ2v) is 3.37. The fourth-order valence-corrected chi connectivity index (χ4v) is 1.33. The van der Waals surface area contributed by atoms with E-state index in [0.717, 1.165) is 12.5 Å². The number of hydrogen-bond acceptors (Lipinski definition) is 2. The first-order valence-corrected chi connectivity index (χ1v) is 5.02. The number of alkyl halides is 3. The Hall–Kier alpha value is -1.23. The van der Waals surface area contributed by atoms with E-state index >= 15 is 0 Å². The molecule has 0 saturated heterocycles. The van der Waals surface area contributed by atoms with E-state index < -0.39 is 11.7 Å². The number of benzene rings is 1. The lowest BCUT2D eigenvalue weighted by atomic mass is 10.1. The van der Waals surface area contributed by atoms with Crippen molar-refractivity contribution in [1.29, 1.82) is 0 Å². The highest BCUT2D eigenvalue weighted by molar-refractivity contribution is 5.37. The molecule has 0 aliphatic heterocycles. The molecule has 1 rings (SSSR count). The molecule has 2 N–H and O–H groups in total. The molecule has 1 aromatic carbocycles. The summed E-state index contributed by atoms with van der Waals surface area (Å²) >= 11 is 0. The summed E-state index contributed by atoms with van der Waals surface area (Å²) in [6.45, 7) is 2.25. The Kier molecular flexibility index (Phi) is 4.18. The van der Waals surface area contributed by atoms with Crippen molar-refractivity contribution in [3.8, 4) is 5.75 Å². The van der Waals surface area contributed by atoms with Gasteiger partial charge in [0, 0.05) is 6.54 Å². The molecule has 0 fully saturated rings. The van der Waals surface area contributed by atoms with Crippen LogP contribution in [0.5, 0.6) is 5.75 Å². The maximum absolute atomic E-state index is 12.5. The zero-order chi connectivity index (χ0) is 12.2. The Morgan fingerprint density at radius 2 is 2.00 bits per heavy atom. The number of halogens is 3. The molecule has 1 aromatic rings. The van der Waals surface area contributed by atoms with Gasteiger partial charge in [0.1, 0.15) is 5.75 Å². The van der Waals surface area contributed by atoms with E-state index in [-0.39, 0.29) is 12.1 Å². The van der Waals surface area contributed by atoms with Crippen LogP contribution in [-0.4, -0.2) is 6.61 Å². The Labute approximate surface area is 92.2 Å². The minimum Gasteiger partial charge on any atom is -0.494 e. The molecule has 2 nitrogen and oxygen atoms in total. The SMILES string of the molecule is CCCOc1ccc(C(F)(F)F)c(CN)c1. The fourth-order valence-electron chi connectivity index (χ4n) is 1.33. The fraction of sp³-hybridized carbons (Fsp3) is 0.455. The summed E-state index contributed by atoms with van der Waals surface area (Å²) in [4.78, 5) is 0. The van der Waals surface area contributed by atoms with Gasteiger partial charge in [0.05, 0.1) is 12.2 Å². The van der Waals surface area contributed by atoms with Gasteiger partial charge in [0.2, 0.25) is 0 Å². The van der Waals surface area contributed by atoms with Gasteiger partial charge in [-0.25, -0.2) is 0 Å². The van der Waals surface area contributed by atoms with E-state index in [1.165, 1.54) is 12.1 Å². The van der Waals surface area contributed by atoms with E-state index in [9.17, 15) is 13.2 Å². The molecular formula is C11H14F3NO. The van der Waals surface area contributed by atoms with Crippen molar-refractivity contribution in [2.75, 3.05) is 6.61 Å². The van der Waals surface area contributed by atoms with Crippen molar-refractivity contribution in [2.24, 2.45) is 5.73 Å². The van der Waals surface area contributed by atoms with E-state index in [1.54, 1.807) is 0 Å². The van der Waals surface area contributed by atoms with Gasteiger partial charge in [0.25, 0.3) is 0 Å². The van der Waals surface area contributed by atoms with Crippen LogP contribution in [0.4, 0.5) is 13.2 Å². The summed E-state index contributed by atoms with van der Waals surface area (Å²) in [6, 6.07) is 3.67. The predicted molar refractivity (Wildman–Crippen MR) is 55.1 cm³/mol. The van der Waals surface area contributed by atoms with Crippen LogP contribution in [0.3, 0.4) is 0 Å². The molecule has 0 bridgehead atoms. The maximum atomic E-state index is 12.5.